The van der Waals surface area contributed by atoms with Gasteiger partial charge in [-0.05, 0) is 26.7 Å². The topological polar surface area (TPSA) is 65.1 Å². The van der Waals surface area contributed by atoms with Crippen LogP contribution in [-0.4, -0.2) is 22.5 Å². The third kappa shape index (κ3) is 2.52. The van der Waals surface area contributed by atoms with Gasteiger partial charge in [0.25, 0.3) is 0 Å². The summed E-state index contributed by atoms with van der Waals surface area (Å²) in [6.45, 7) is 4.16. The van der Waals surface area contributed by atoms with Gasteiger partial charge in [-0.2, -0.15) is 5.10 Å². The average Bonchev–Trinajstić information content (AvgIpc) is 2.99. The van der Waals surface area contributed by atoms with Gasteiger partial charge in [-0.25, -0.2) is 5.43 Å². The molecule has 1 fully saturated rings. The van der Waals surface area contributed by atoms with Gasteiger partial charge in [0.05, 0.1) is 28.6 Å². The molecule has 1 aromatic heterocycles. The number of aromatic nitrogens is 2. The minimum absolute atomic E-state index is 0.141. The van der Waals surface area contributed by atoms with E-state index >= 15 is 0 Å². The Balaban J connectivity index is 2.44. The van der Waals surface area contributed by atoms with Crippen molar-refractivity contribution < 1.29 is 4.74 Å². The van der Waals surface area contributed by atoms with E-state index in [-0.39, 0.29) is 17.7 Å². The zero-order valence-corrected chi connectivity index (χ0v) is 12.6. The molecule has 1 heterocycles. The number of hydrazine groups is 1. The van der Waals surface area contributed by atoms with Gasteiger partial charge in [0, 0.05) is 13.2 Å². The van der Waals surface area contributed by atoms with Gasteiger partial charge in [0.1, 0.15) is 0 Å². The first-order valence-corrected chi connectivity index (χ1v) is 7.17. The van der Waals surface area contributed by atoms with Crippen molar-refractivity contribution in [3.8, 4) is 0 Å². The van der Waals surface area contributed by atoms with Crippen LogP contribution in [0.5, 0.6) is 0 Å². The smallest absolute Gasteiger partial charge is 0.0933 e. The van der Waals surface area contributed by atoms with Crippen LogP contribution in [0.15, 0.2) is 6.20 Å². The number of hydrogen-bond acceptors (Lipinski definition) is 4. The fraction of sp³-hybridized carbons (Fsp3) is 0.769. The summed E-state index contributed by atoms with van der Waals surface area (Å²) < 4.78 is 7.75. The van der Waals surface area contributed by atoms with E-state index in [1.807, 2.05) is 4.68 Å². The van der Waals surface area contributed by atoms with Gasteiger partial charge >= 0.3 is 0 Å². The summed E-state index contributed by atoms with van der Waals surface area (Å²) in [4.78, 5) is 0. The Morgan fingerprint density at radius 1 is 1.47 bits per heavy atom. The molecule has 3 N–H and O–H groups in total. The fourth-order valence-corrected chi connectivity index (χ4v) is 3.34. The quantitative estimate of drug-likeness (QED) is 0.645. The van der Waals surface area contributed by atoms with E-state index in [4.69, 9.17) is 22.2 Å². The number of nitrogens with zero attached hydrogens (tertiary/aromatic N) is 2. The van der Waals surface area contributed by atoms with Crippen LogP contribution in [-0.2, 0) is 4.74 Å². The van der Waals surface area contributed by atoms with E-state index < -0.39 is 0 Å². The number of ether oxygens (including phenoxy) is 1. The Morgan fingerprint density at radius 3 is 2.58 bits per heavy atom. The molecule has 1 aliphatic carbocycles. The molecule has 2 rings (SSSR count). The van der Waals surface area contributed by atoms with E-state index in [2.05, 4.69) is 24.4 Å². The number of rotatable bonds is 5. The van der Waals surface area contributed by atoms with Crippen molar-refractivity contribution in [3.05, 3.63) is 16.9 Å². The highest BCUT2D eigenvalue weighted by molar-refractivity contribution is 6.31. The third-order valence-corrected chi connectivity index (χ3v) is 4.39. The summed E-state index contributed by atoms with van der Waals surface area (Å²) in [5.41, 5.74) is 3.54. The molecule has 1 aliphatic rings. The molecule has 0 aromatic carbocycles. The Morgan fingerprint density at radius 2 is 2.11 bits per heavy atom. The Bertz CT molecular complexity index is 426. The first-order valence-electron chi connectivity index (χ1n) is 6.80. The maximum atomic E-state index is 6.33. The van der Waals surface area contributed by atoms with Gasteiger partial charge in [-0.15, -0.1) is 0 Å². The van der Waals surface area contributed by atoms with Gasteiger partial charge in [-0.3, -0.25) is 10.5 Å². The zero-order chi connectivity index (χ0) is 14.0. The minimum Gasteiger partial charge on any atom is -0.376 e. The number of nitrogens with two attached hydrogens (primary N) is 1. The summed E-state index contributed by atoms with van der Waals surface area (Å²) in [6, 6.07) is 0.0889. The molecule has 0 saturated heterocycles. The summed E-state index contributed by atoms with van der Waals surface area (Å²) in [7, 11) is 1.75. The SMILES string of the molecule is COC1(C(NN)c2c(Cl)cnn2C(C)C)CCCC1. The normalized spacial score (nSPS) is 20.1. The molecule has 1 saturated carbocycles. The second-order valence-corrected chi connectivity index (χ2v) is 5.90. The molecule has 1 unspecified atom stereocenters. The summed E-state index contributed by atoms with van der Waals surface area (Å²) in [5.74, 6) is 5.81. The lowest BCUT2D eigenvalue weighted by atomic mass is 9.89. The number of methoxy groups -OCH3 is 1. The van der Waals surface area contributed by atoms with Crippen molar-refractivity contribution in [2.75, 3.05) is 7.11 Å². The lowest BCUT2D eigenvalue weighted by Crippen LogP contribution is -2.47. The molecule has 19 heavy (non-hydrogen) atoms. The lowest BCUT2D eigenvalue weighted by Gasteiger charge is -2.36. The van der Waals surface area contributed by atoms with Crippen LogP contribution in [0, 0.1) is 0 Å². The Kier molecular flexibility index (Phi) is 4.50. The molecular weight excluding hydrogens is 264 g/mol. The van der Waals surface area contributed by atoms with Crippen molar-refractivity contribution in [2.24, 2.45) is 5.84 Å². The maximum Gasteiger partial charge on any atom is 0.0933 e. The highest BCUT2D eigenvalue weighted by Gasteiger charge is 2.44. The zero-order valence-electron chi connectivity index (χ0n) is 11.8. The van der Waals surface area contributed by atoms with Crippen molar-refractivity contribution in [1.29, 1.82) is 0 Å². The molecule has 0 radical (unpaired) electrons. The predicted molar refractivity (Wildman–Crippen MR) is 75.9 cm³/mol. The predicted octanol–water partition coefficient (Wildman–Crippen LogP) is 2.58. The van der Waals surface area contributed by atoms with Gasteiger partial charge in [0.2, 0.25) is 0 Å². The maximum absolute atomic E-state index is 6.33. The number of nitrogens with one attached hydrogen (secondary N) is 1. The summed E-state index contributed by atoms with van der Waals surface area (Å²) in [6.07, 6.45) is 5.95. The van der Waals surface area contributed by atoms with Crippen LogP contribution in [0.3, 0.4) is 0 Å². The van der Waals surface area contributed by atoms with E-state index in [1.54, 1.807) is 13.3 Å². The molecule has 5 nitrogen and oxygen atoms in total. The second kappa shape index (κ2) is 5.79. The summed E-state index contributed by atoms with van der Waals surface area (Å²) >= 11 is 6.33. The number of halogens is 1. The fourth-order valence-electron chi connectivity index (χ4n) is 3.10. The van der Waals surface area contributed by atoms with Crippen LogP contribution in [0.1, 0.15) is 57.3 Å². The van der Waals surface area contributed by atoms with Gasteiger partial charge in [-0.1, -0.05) is 24.4 Å². The van der Waals surface area contributed by atoms with Crippen LogP contribution in [0.4, 0.5) is 0 Å². The molecule has 0 bridgehead atoms. The van der Waals surface area contributed by atoms with Crippen LogP contribution in [0.25, 0.3) is 0 Å². The van der Waals surface area contributed by atoms with E-state index in [0.717, 1.165) is 31.4 Å². The van der Waals surface area contributed by atoms with Crippen molar-refractivity contribution >= 4 is 11.6 Å². The standard InChI is InChI=1S/C13H23ClN4O/c1-9(2)18-11(10(14)8-16-18)12(17-15)13(19-3)6-4-5-7-13/h8-9,12,17H,4-7,15H2,1-3H3. The van der Waals surface area contributed by atoms with E-state index in [1.165, 1.54) is 0 Å². The van der Waals surface area contributed by atoms with E-state index in [0.29, 0.717) is 5.02 Å². The minimum atomic E-state index is -0.287. The van der Waals surface area contributed by atoms with Crippen LogP contribution < -0.4 is 11.3 Å². The Hall–Kier alpha value is -0.620. The highest BCUT2D eigenvalue weighted by Crippen LogP contribution is 2.44. The highest BCUT2D eigenvalue weighted by atomic mass is 35.5. The lowest BCUT2D eigenvalue weighted by molar-refractivity contribution is -0.0392. The monoisotopic (exact) mass is 286 g/mol. The van der Waals surface area contributed by atoms with Crippen LogP contribution in [0.2, 0.25) is 5.02 Å². The molecule has 1 atom stereocenters. The third-order valence-electron chi connectivity index (χ3n) is 4.10. The average molecular weight is 287 g/mol. The van der Waals surface area contributed by atoms with E-state index in [9.17, 15) is 0 Å². The molecule has 0 amide bonds. The molecular formula is C13H23ClN4O. The second-order valence-electron chi connectivity index (χ2n) is 5.49. The van der Waals surface area contributed by atoms with Gasteiger partial charge in [0.15, 0.2) is 0 Å². The first-order chi connectivity index (χ1) is 9.05. The van der Waals surface area contributed by atoms with Gasteiger partial charge < -0.3 is 4.74 Å². The van der Waals surface area contributed by atoms with Crippen molar-refractivity contribution in [2.45, 2.75) is 57.2 Å². The van der Waals surface area contributed by atoms with Crippen molar-refractivity contribution in [3.63, 3.8) is 0 Å². The van der Waals surface area contributed by atoms with Crippen molar-refractivity contribution in [1.82, 2.24) is 15.2 Å². The molecule has 1 aromatic rings. The Labute approximate surface area is 119 Å². The summed E-state index contributed by atoms with van der Waals surface area (Å²) in [5, 5.41) is 4.99. The molecule has 0 aliphatic heterocycles. The molecule has 108 valence electrons. The molecule has 0 spiro atoms. The van der Waals surface area contributed by atoms with Crippen LogP contribution >= 0.6 is 11.6 Å². The number of hydrogen-bond donors (Lipinski definition) is 2. The largest absolute Gasteiger partial charge is 0.376 e. The molecule has 6 heteroatoms. The first kappa shape index (κ1) is 14.8.